The normalized spacial score (nSPS) is 18.1. The SMILES string of the molecule is CCc1ccc(-c2cc(C(F)(F)F)c3c(N)ncnn23)cc1C(=O)N[C@@H]1CN(C(=O)CC(C(F)(F)F)C(F)(F)F)C[C@@H]1F. The second-order valence-electron chi connectivity index (χ2n) is 9.81. The molecule has 18 heteroatoms. The van der Waals surface area contributed by atoms with Crippen molar-refractivity contribution in [3.8, 4) is 11.3 Å². The molecule has 8 nitrogen and oxygen atoms in total. The van der Waals surface area contributed by atoms with E-state index in [1.54, 1.807) is 6.92 Å². The Morgan fingerprint density at radius 3 is 2.28 bits per heavy atom. The van der Waals surface area contributed by atoms with E-state index in [1.807, 2.05) is 0 Å². The highest BCUT2D eigenvalue weighted by atomic mass is 19.4. The lowest BCUT2D eigenvalue weighted by Crippen LogP contribution is -2.43. The molecule has 3 aromatic rings. The maximum atomic E-state index is 14.7. The molecule has 1 aromatic carbocycles. The summed E-state index contributed by atoms with van der Waals surface area (Å²) in [5.74, 6) is -6.94. The minimum atomic E-state index is -5.76. The first-order chi connectivity index (χ1) is 19.8. The van der Waals surface area contributed by atoms with Crippen LogP contribution in [0.2, 0.25) is 0 Å². The number of likely N-dealkylation sites (tertiary alicyclic amines) is 1. The molecule has 1 saturated heterocycles. The van der Waals surface area contributed by atoms with Crippen molar-refractivity contribution in [3.05, 3.63) is 47.3 Å². The van der Waals surface area contributed by atoms with Crippen LogP contribution in [0.3, 0.4) is 0 Å². The highest BCUT2D eigenvalue weighted by molar-refractivity contribution is 5.97. The Bertz CT molecular complexity index is 1520. The number of benzene rings is 1. The fourth-order valence-electron chi connectivity index (χ4n) is 4.82. The molecule has 1 fully saturated rings. The molecule has 4 rings (SSSR count). The van der Waals surface area contributed by atoms with E-state index in [1.165, 1.54) is 18.2 Å². The van der Waals surface area contributed by atoms with Crippen molar-refractivity contribution in [3.63, 3.8) is 0 Å². The van der Waals surface area contributed by atoms with E-state index in [0.717, 1.165) is 16.9 Å². The number of rotatable bonds is 6. The summed E-state index contributed by atoms with van der Waals surface area (Å²) < 4.78 is 134. The first-order valence-corrected chi connectivity index (χ1v) is 12.5. The number of nitrogens with zero attached hydrogens (tertiary/aromatic N) is 4. The number of fused-ring (bicyclic) bond motifs is 1. The molecule has 0 radical (unpaired) electrons. The third-order valence-electron chi connectivity index (χ3n) is 7.01. The van der Waals surface area contributed by atoms with Crippen molar-refractivity contribution in [2.75, 3.05) is 18.8 Å². The predicted octanol–water partition coefficient (Wildman–Crippen LogP) is 4.97. The standard InChI is InChI=1S/C25H22F10N6O2/c1-2-11-3-4-12(17-6-14(23(27,28)29)20-21(36)37-10-38-41(17)20)5-13(11)22(43)39-16-9-40(8-15(16)26)19(42)7-18(24(30,31)32)25(33,34)35/h3-6,10,15-16,18H,2,7-9H2,1H3,(H,39,43)(H2,36,37,38)/t15-,16+/m0/s1. The summed E-state index contributed by atoms with van der Waals surface area (Å²) in [6.45, 7) is 0.0912. The number of hydrogen-bond acceptors (Lipinski definition) is 5. The Kier molecular flexibility index (Phi) is 8.27. The van der Waals surface area contributed by atoms with Crippen molar-refractivity contribution in [1.29, 1.82) is 0 Å². The van der Waals surface area contributed by atoms with E-state index < -0.39 is 84.9 Å². The van der Waals surface area contributed by atoms with Crippen LogP contribution >= 0.6 is 0 Å². The summed E-state index contributed by atoms with van der Waals surface area (Å²) >= 11 is 0. The lowest BCUT2D eigenvalue weighted by atomic mass is 9.99. The summed E-state index contributed by atoms with van der Waals surface area (Å²) in [5.41, 5.74) is 4.25. The predicted molar refractivity (Wildman–Crippen MR) is 130 cm³/mol. The monoisotopic (exact) mass is 628 g/mol. The number of halogens is 10. The maximum Gasteiger partial charge on any atom is 0.418 e. The minimum absolute atomic E-state index is 0.0799. The third-order valence-corrected chi connectivity index (χ3v) is 7.01. The molecule has 0 aliphatic carbocycles. The summed E-state index contributed by atoms with van der Waals surface area (Å²) in [7, 11) is 0. The summed E-state index contributed by atoms with van der Waals surface area (Å²) in [6, 6.07) is 3.35. The molecule has 234 valence electrons. The number of hydrogen-bond donors (Lipinski definition) is 2. The molecule has 0 spiro atoms. The van der Waals surface area contributed by atoms with Gasteiger partial charge in [0.15, 0.2) is 11.7 Å². The third kappa shape index (κ3) is 6.46. The van der Waals surface area contributed by atoms with E-state index in [-0.39, 0.29) is 23.2 Å². The summed E-state index contributed by atoms with van der Waals surface area (Å²) in [4.78, 5) is 29.5. The Balaban J connectivity index is 1.59. The Morgan fingerprint density at radius 2 is 1.70 bits per heavy atom. The van der Waals surface area contributed by atoms with Gasteiger partial charge in [0, 0.05) is 24.1 Å². The van der Waals surface area contributed by atoms with E-state index in [2.05, 4.69) is 15.4 Å². The number of nitrogen functional groups attached to an aromatic ring is 1. The van der Waals surface area contributed by atoms with Crippen LogP contribution in [0.15, 0.2) is 30.6 Å². The van der Waals surface area contributed by atoms with Gasteiger partial charge in [0.1, 0.15) is 18.0 Å². The Morgan fingerprint density at radius 1 is 1.05 bits per heavy atom. The first kappa shape index (κ1) is 31.8. The van der Waals surface area contributed by atoms with Gasteiger partial charge >= 0.3 is 18.5 Å². The van der Waals surface area contributed by atoms with Crippen molar-refractivity contribution in [2.45, 2.75) is 50.5 Å². The van der Waals surface area contributed by atoms with Crippen LogP contribution in [0.5, 0.6) is 0 Å². The molecule has 1 aliphatic rings. The number of nitrogens with one attached hydrogen (secondary N) is 1. The lowest BCUT2D eigenvalue weighted by molar-refractivity contribution is -0.284. The number of anilines is 1. The fourth-order valence-corrected chi connectivity index (χ4v) is 4.82. The number of alkyl halides is 10. The van der Waals surface area contributed by atoms with E-state index in [0.29, 0.717) is 10.5 Å². The second kappa shape index (κ2) is 11.2. The molecular formula is C25H22F10N6O2. The van der Waals surface area contributed by atoms with Crippen LogP contribution in [0, 0.1) is 5.92 Å². The van der Waals surface area contributed by atoms with E-state index in [9.17, 15) is 53.5 Å². The summed E-state index contributed by atoms with van der Waals surface area (Å²) in [6.07, 6.45) is -19.2. The second-order valence-corrected chi connectivity index (χ2v) is 9.81. The van der Waals surface area contributed by atoms with Gasteiger partial charge in [0.05, 0.1) is 23.8 Å². The molecule has 0 saturated carbocycles. The van der Waals surface area contributed by atoms with Gasteiger partial charge in [-0.3, -0.25) is 9.59 Å². The minimum Gasteiger partial charge on any atom is -0.382 e. The first-order valence-electron chi connectivity index (χ1n) is 12.5. The maximum absolute atomic E-state index is 14.7. The summed E-state index contributed by atoms with van der Waals surface area (Å²) in [5, 5.41) is 6.12. The largest absolute Gasteiger partial charge is 0.418 e. The van der Waals surface area contributed by atoms with Crippen LogP contribution in [0.4, 0.5) is 49.7 Å². The molecule has 1 aliphatic heterocycles. The van der Waals surface area contributed by atoms with Crippen molar-refractivity contribution < 1.29 is 53.5 Å². The molecule has 2 amide bonds. The van der Waals surface area contributed by atoms with Gasteiger partial charge in [-0.25, -0.2) is 13.9 Å². The highest BCUT2D eigenvalue weighted by Gasteiger charge is 2.57. The average molecular weight is 628 g/mol. The van der Waals surface area contributed by atoms with Gasteiger partial charge in [0.25, 0.3) is 5.91 Å². The molecule has 3 N–H and O–H groups in total. The van der Waals surface area contributed by atoms with Gasteiger partial charge in [-0.05, 0) is 24.1 Å². The van der Waals surface area contributed by atoms with Crippen LogP contribution in [0.1, 0.15) is 34.8 Å². The number of nitrogens with two attached hydrogens (primary N) is 1. The van der Waals surface area contributed by atoms with Gasteiger partial charge in [-0.1, -0.05) is 19.1 Å². The molecule has 3 heterocycles. The number of carbonyl (C=O) groups is 2. The number of aromatic nitrogens is 3. The van der Waals surface area contributed by atoms with Gasteiger partial charge in [-0.2, -0.15) is 44.6 Å². The zero-order valence-electron chi connectivity index (χ0n) is 21.9. The zero-order chi connectivity index (χ0) is 32.1. The van der Waals surface area contributed by atoms with Gasteiger partial charge < -0.3 is 16.0 Å². The van der Waals surface area contributed by atoms with Crippen molar-refractivity contribution in [1.82, 2.24) is 24.8 Å². The molecular weight excluding hydrogens is 606 g/mol. The molecule has 2 atom stereocenters. The van der Waals surface area contributed by atoms with Crippen LogP contribution in [-0.2, 0) is 17.4 Å². The highest BCUT2D eigenvalue weighted by Crippen LogP contribution is 2.42. The van der Waals surface area contributed by atoms with Crippen LogP contribution in [0.25, 0.3) is 16.8 Å². The average Bonchev–Trinajstić information content (AvgIpc) is 3.47. The van der Waals surface area contributed by atoms with Crippen LogP contribution < -0.4 is 11.1 Å². The van der Waals surface area contributed by atoms with Crippen molar-refractivity contribution >= 4 is 23.1 Å². The molecule has 43 heavy (non-hydrogen) atoms. The molecule has 0 bridgehead atoms. The van der Waals surface area contributed by atoms with Crippen LogP contribution in [-0.4, -0.2) is 69.0 Å². The van der Waals surface area contributed by atoms with Gasteiger partial charge in [-0.15, -0.1) is 0 Å². The topological polar surface area (TPSA) is 106 Å². The fraction of sp³-hybridized carbons (Fsp3) is 0.440. The number of carbonyl (C=O) groups excluding carboxylic acids is 2. The number of aryl methyl sites for hydroxylation is 1. The number of amides is 2. The quantitative estimate of drug-likeness (QED) is 0.376. The molecule has 0 unspecified atom stereocenters. The van der Waals surface area contributed by atoms with E-state index >= 15 is 0 Å². The smallest absolute Gasteiger partial charge is 0.382 e. The van der Waals surface area contributed by atoms with Crippen molar-refractivity contribution in [2.24, 2.45) is 5.92 Å². The molecule has 2 aromatic heterocycles. The lowest BCUT2D eigenvalue weighted by Gasteiger charge is -2.25. The Hall–Kier alpha value is -4.12. The van der Waals surface area contributed by atoms with Gasteiger partial charge in [0.2, 0.25) is 5.91 Å². The zero-order valence-corrected chi connectivity index (χ0v) is 21.9. The Labute approximate surface area is 235 Å². The van der Waals surface area contributed by atoms with E-state index in [4.69, 9.17) is 5.73 Å².